The van der Waals surface area contributed by atoms with Crippen LogP contribution in [0.2, 0.25) is 0 Å². The van der Waals surface area contributed by atoms with Crippen LogP contribution in [0.15, 0.2) is 90.0 Å². The zero-order chi connectivity index (χ0) is 30.8. The first-order valence-corrected chi connectivity index (χ1v) is 15.1. The van der Waals surface area contributed by atoms with Crippen LogP contribution in [-0.2, 0) is 27.7 Å². The van der Waals surface area contributed by atoms with Crippen LogP contribution in [0.5, 0.6) is 5.75 Å². The van der Waals surface area contributed by atoms with Gasteiger partial charge < -0.3 is 10.1 Å². The van der Waals surface area contributed by atoms with Gasteiger partial charge in [0.2, 0.25) is 16.0 Å². The molecule has 0 bridgehead atoms. The lowest BCUT2D eigenvalue weighted by Gasteiger charge is -2.21. The second kappa shape index (κ2) is 11.9. The molecular formula is C32H32FN5O4S. The summed E-state index contributed by atoms with van der Waals surface area (Å²) in [6.07, 6.45) is 2.40. The summed E-state index contributed by atoms with van der Waals surface area (Å²) in [5, 5.41) is 7.64. The van der Waals surface area contributed by atoms with Crippen LogP contribution in [-0.4, -0.2) is 41.4 Å². The highest BCUT2D eigenvalue weighted by Crippen LogP contribution is 2.30. The minimum atomic E-state index is -3.74. The molecule has 0 radical (unpaired) electrons. The summed E-state index contributed by atoms with van der Waals surface area (Å²) in [7, 11) is -2.27. The molecule has 3 aromatic carbocycles. The number of anilines is 2. The molecule has 11 heteroatoms. The Bertz CT molecular complexity index is 1880. The number of Topliss-reactive ketones (excluding diaryl/α,β-unsaturated/α-hetero) is 1. The van der Waals surface area contributed by atoms with Crippen LogP contribution in [0.4, 0.5) is 16.0 Å². The first kappa shape index (κ1) is 29.9. The summed E-state index contributed by atoms with van der Waals surface area (Å²) in [6.45, 7) is 5.32. The van der Waals surface area contributed by atoms with Crippen molar-refractivity contribution in [1.82, 2.24) is 19.3 Å². The number of ether oxygens (including phenoxy) is 1. The van der Waals surface area contributed by atoms with Crippen molar-refractivity contribution < 1.29 is 22.3 Å². The number of nitrogens with one attached hydrogen (secondary N) is 2. The second-order valence-electron chi connectivity index (χ2n) is 11.2. The maximum absolute atomic E-state index is 13.1. The standard InChI is InChI=1S/C32H32FN5O4S/c1-32(2,3)37-43(40,41)27-14-15-28(29(19-27)42-4)34-31-35-30-16-11-24(20-38(30)36-31)23-9-5-21(6-10-23)17-26(39)18-22-7-12-25(33)13-8-22/h5-16,19-20,37H,17-18H2,1-4H3,(H,34,36). The number of pyridine rings is 1. The maximum atomic E-state index is 13.1. The fourth-order valence-electron chi connectivity index (χ4n) is 4.57. The number of carbonyl (C=O) groups excluding carboxylic acids is 1. The molecule has 222 valence electrons. The monoisotopic (exact) mass is 601 g/mol. The molecule has 0 fully saturated rings. The second-order valence-corrected chi connectivity index (χ2v) is 12.9. The van der Waals surface area contributed by atoms with E-state index in [4.69, 9.17) is 4.74 Å². The number of hydrogen-bond acceptors (Lipinski definition) is 7. The van der Waals surface area contributed by atoms with Gasteiger partial charge in [-0.05, 0) is 73.9 Å². The molecule has 0 saturated heterocycles. The number of rotatable bonds is 10. The van der Waals surface area contributed by atoms with Crippen LogP contribution in [0.1, 0.15) is 31.9 Å². The lowest BCUT2D eigenvalue weighted by molar-refractivity contribution is -0.117. The Hall–Kier alpha value is -4.61. The van der Waals surface area contributed by atoms with Crippen molar-refractivity contribution in [3.8, 4) is 16.9 Å². The van der Waals surface area contributed by atoms with Crippen molar-refractivity contribution in [2.75, 3.05) is 12.4 Å². The number of benzene rings is 3. The van der Waals surface area contributed by atoms with Gasteiger partial charge in [0.1, 0.15) is 17.3 Å². The number of aromatic nitrogens is 3. The fraction of sp³-hybridized carbons (Fsp3) is 0.219. The van der Waals surface area contributed by atoms with E-state index in [-0.39, 0.29) is 29.3 Å². The number of halogens is 1. The Morgan fingerprint density at radius 2 is 1.53 bits per heavy atom. The largest absolute Gasteiger partial charge is 0.495 e. The van der Waals surface area contributed by atoms with Gasteiger partial charge in [-0.25, -0.2) is 22.0 Å². The Balaban J connectivity index is 1.28. The van der Waals surface area contributed by atoms with Crippen molar-refractivity contribution in [3.05, 3.63) is 102 Å². The molecule has 0 aliphatic heterocycles. The third-order valence-electron chi connectivity index (χ3n) is 6.50. The Labute approximate surface area is 249 Å². The van der Waals surface area contributed by atoms with Gasteiger partial charge in [0.25, 0.3) is 0 Å². The number of nitrogens with zero attached hydrogens (tertiary/aromatic N) is 3. The van der Waals surface area contributed by atoms with Gasteiger partial charge >= 0.3 is 0 Å². The molecule has 0 aliphatic carbocycles. The number of hydrogen-bond donors (Lipinski definition) is 2. The topological polar surface area (TPSA) is 115 Å². The Kier molecular flexibility index (Phi) is 8.30. The van der Waals surface area contributed by atoms with E-state index >= 15 is 0 Å². The molecule has 0 spiro atoms. The molecule has 0 unspecified atom stereocenters. The van der Waals surface area contributed by atoms with Gasteiger partial charge in [0, 0.05) is 36.2 Å². The third-order valence-corrected chi connectivity index (χ3v) is 8.26. The highest BCUT2D eigenvalue weighted by atomic mass is 32.2. The highest BCUT2D eigenvalue weighted by molar-refractivity contribution is 7.89. The average Bonchev–Trinajstić information content (AvgIpc) is 3.35. The SMILES string of the molecule is COc1cc(S(=O)(=O)NC(C)(C)C)ccc1Nc1nc2ccc(-c3ccc(CC(=O)Cc4ccc(F)cc4)cc3)cn2n1. The lowest BCUT2D eigenvalue weighted by atomic mass is 10.0. The molecule has 0 amide bonds. The first-order chi connectivity index (χ1) is 20.4. The highest BCUT2D eigenvalue weighted by Gasteiger charge is 2.23. The number of sulfonamides is 1. The van der Waals surface area contributed by atoms with Gasteiger partial charge in [-0.1, -0.05) is 36.4 Å². The van der Waals surface area contributed by atoms with Crippen LogP contribution >= 0.6 is 0 Å². The number of methoxy groups -OCH3 is 1. The molecule has 0 atom stereocenters. The van der Waals surface area contributed by atoms with E-state index in [2.05, 4.69) is 20.1 Å². The van der Waals surface area contributed by atoms with E-state index in [1.807, 2.05) is 42.6 Å². The van der Waals surface area contributed by atoms with E-state index in [9.17, 15) is 17.6 Å². The molecule has 2 heterocycles. The quantitative estimate of drug-likeness (QED) is 0.210. The fourth-order valence-corrected chi connectivity index (χ4v) is 6.00. The maximum Gasteiger partial charge on any atom is 0.247 e. The summed E-state index contributed by atoms with van der Waals surface area (Å²) in [6, 6.07) is 22.1. The van der Waals surface area contributed by atoms with E-state index in [1.165, 1.54) is 31.4 Å². The normalized spacial score (nSPS) is 11.9. The molecule has 2 N–H and O–H groups in total. The van der Waals surface area contributed by atoms with Gasteiger partial charge in [-0.3, -0.25) is 4.79 Å². The van der Waals surface area contributed by atoms with Crippen LogP contribution < -0.4 is 14.8 Å². The molecule has 43 heavy (non-hydrogen) atoms. The predicted molar refractivity (Wildman–Crippen MR) is 164 cm³/mol. The summed E-state index contributed by atoms with van der Waals surface area (Å²) in [5.74, 6) is 0.372. The molecule has 5 rings (SSSR count). The number of fused-ring (bicyclic) bond motifs is 1. The van der Waals surface area contributed by atoms with E-state index in [1.54, 1.807) is 43.5 Å². The molecule has 5 aromatic rings. The van der Waals surface area contributed by atoms with E-state index in [0.717, 1.165) is 22.3 Å². The molecular weight excluding hydrogens is 569 g/mol. The molecule has 2 aromatic heterocycles. The average molecular weight is 602 g/mol. The summed E-state index contributed by atoms with van der Waals surface area (Å²) in [4.78, 5) is 17.1. The van der Waals surface area contributed by atoms with Gasteiger partial charge in [0.05, 0.1) is 17.7 Å². The smallest absolute Gasteiger partial charge is 0.247 e. The van der Waals surface area contributed by atoms with Gasteiger partial charge in [-0.15, -0.1) is 5.10 Å². The van der Waals surface area contributed by atoms with E-state index < -0.39 is 15.6 Å². The van der Waals surface area contributed by atoms with Crippen molar-refractivity contribution in [1.29, 1.82) is 0 Å². The zero-order valence-corrected chi connectivity index (χ0v) is 25.1. The number of ketones is 1. The zero-order valence-electron chi connectivity index (χ0n) is 24.3. The van der Waals surface area contributed by atoms with Crippen LogP contribution in [0, 0.1) is 5.82 Å². The summed E-state index contributed by atoms with van der Waals surface area (Å²) >= 11 is 0. The van der Waals surface area contributed by atoms with Gasteiger partial charge in [-0.2, -0.15) is 4.98 Å². The van der Waals surface area contributed by atoms with Crippen molar-refractivity contribution in [3.63, 3.8) is 0 Å². The van der Waals surface area contributed by atoms with Crippen molar-refractivity contribution >= 4 is 33.1 Å². The minimum absolute atomic E-state index is 0.0536. The summed E-state index contributed by atoms with van der Waals surface area (Å²) in [5.41, 5.74) is 4.03. The Morgan fingerprint density at radius 1 is 0.907 bits per heavy atom. The van der Waals surface area contributed by atoms with Gasteiger partial charge in [0.15, 0.2) is 5.65 Å². The molecule has 9 nitrogen and oxygen atoms in total. The molecule has 0 aliphatic rings. The summed E-state index contributed by atoms with van der Waals surface area (Å²) < 4.78 is 48.4. The van der Waals surface area contributed by atoms with Crippen LogP contribution in [0.25, 0.3) is 16.8 Å². The lowest BCUT2D eigenvalue weighted by Crippen LogP contribution is -2.40. The minimum Gasteiger partial charge on any atom is -0.495 e. The number of carbonyl (C=O) groups is 1. The van der Waals surface area contributed by atoms with Crippen molar-refractivity contribution in [2.24, 2.45) is 0 Å². The first-order valence-electron chi connectivity index (χ1n) is 13.6. The third kappa shape index (κ3) is 7.43. The Morgan fingerprint density at radius 3 is 2.16 bits per heavy atom. The van der Waals surface area contributed by atoms with E-state index in [0.29, 0.717) is 23.0 Å². The van der Waals surface area contributed by atoms with Crippen molar-refractivity contribution in [2.45, 2.75) is 44.0 Å². The van der Waals surface area contributed by atoms with Crippen LogP contribution in [0.3, 0.4) is 0 Å². The predicted octanol–water partition coefficient (Wildman–Crippen LogP) is 5.72. The molecule has 0 saturated carbocycles.